The molecule has 0 bridgehead atoms. The molecule has 2 saturated carbocycles. The van der Waals surface area contributed by atoms with Gasteiger partial charge in [0.15, 0.2) is 0 Å². The van der Waals surface area contributed by atoms with Crippen LogP contribution in [0.4, 0.5) is 0 Å². The molecule has 5 atom stereocenters. The van der Waals surface area contributed by atoms with Crippen molar-refractivity contribution < 1.29 is 10.2 Å². The molecule has 0 saturated heterocycles. The van der Waals surface area contributed by atoms with Gasteiger partial charge in [0, 0.05) is 5.41 Å². The minimum Gasteiger partial charge on any atom is -0.508 e. The van der Waals surface area contributed by atoms with Crippen molar-refractivity contribution in [1.82, 2.24) is 0 Å². The Balaban J connectivity index is 1.68. The van der Waals surface area contributed by atoms with Crippen LogP contribution in [0.1, 0.15) is 56.1 Å². The lowest BCUT2D eigenvalue weighted by Crippen LogP contribution is -2.50. The summed E-state index contributed by atoms with van der Waals surface area (Å²) in [6.45, 7) is 2.27. The fourth-order valence-electron chi connectivity index (χ4n) is 5.97. The molecule has 0 spiro atoms. The van der Waals surface area contributed by atoms with Crippen molar-refractivity contribution in [2.45, 2.75) is 57.0 Å². The molecule has 3 aliphatic rings. The Hall–Kier alpha value is -0.980. The number of fused-ring (bicyclic) bond motifs is 5. The molecule has 0 unspecified atom stereocenters. The first kappa shape index (κ1) is 16.5. The van der Waals surface area contributed by atoms with Crippen LogP contribution in [0, 0.1) is 29.1 Å². The van der Waals surface area contributed by atoms with Crippen LogP contribution >= 0.6 is 15.9 Å². The van der Waals surface area contributed by atoms with E-state index in [1.165, 1.54) is 17.5 Å². The zero-order valence-electron chi connectivity index (χ0n) is 14.2. The van der Waals surface area contributed by atoms with Crippen molar-refractivity contribution in [3.63, 3.8) is 0 Å². The van der Waals surface area contributed by atoms with Gasteiger partial charge in [-0.3, -0.25) is 0 Å². The number of alkyl halides is 1. The summed E-state index contributed by atoms with van der Waals surface area (Å²) in [6.07, 6.45) is 6.26. The van der Waals surface area contributed by atoms with E-state index in [0.29, 0.717) is 28.8 Å². The number of phenols is 1. The highest BCUT2D eigenvalue weighted by Gasteiger charge is 2.61. The van der Waals surface area contributed by atoms with Crippen molar-refractivity contribution in [2.75, 3.05) is 5.33 Å². The number of phenolic OH excluding ortho intramolecular Hbond substituents is 1. The van der Waals surface area contributed by atoms with Crippen molar-refractivity contribution in [2.24, 2.45) is 17.3 Å². The van der Waals surface area contributed by atoms with Gasteiger partial charge < -0.3 is 10.2 Å². The van der Waals surface area contributed by atoms with Crippen LogP contribution in [0.5, 0.6) is 5.75 Å². The Morgan fingerprint density at radius 2 is 2.08 bits per heavy atom. The molecule has 0 heterocycles. The van der Waals surface area contributed by atoms with E-state index in [0.717, 1.165) is 32.1 Å². The van der Waals surface area contributed by atoms with Crippen molar-refractivity contribution in [3.8, 4) is 17.6 Å². The zero-order chi connectivity index (χ0) is 16.9. The van der Waals surface area contributed by atoms with Gasteiger partial charge in [0.05, 0.1) is 5.33 Å². The number of hydrogen-bond donors (Lipinski definition) is 2. The van der Waals surface area contributed by atoms with Crippen LogP contribution in [0.25, 0.3) is 0 Å². The third-order valence-electron chi connectivity index (χ3n) is 7.22. The van der Waals surface area contributed by atoms with E-state index in [1.807, 2.05) is 12.1 Å². The Kier molecular flexibility index (Phi) is 3.97. The monoisotopic (exact) mass is 388 g/mol. The van der Waals surface area contributed by atoms with Crippen LogP contribution in [0.3, 0.4) is 0 Å². The maximum Gasteiger partial charge on any atom is 0.131 e. The third-order valence-corrected chi connectivity index (χ3v) is 7.50. The Morgan fingerprint density at radius 1 is 1.25 bits per heavy atom. The van der Waals surface area contributed by atoms with Gasteiger partial charge in [-0.25, -0.2) is 0 Å². The Labute approximate surface area is 152 Å². The predicted octanol–water partition coefficient (Wildman–Crippen LogP) is 4.38. The number of benzene rings is 1. The van der Waals surface area contributed by atoms with Crippen LogP contribution in [0.15, 0.2) is 18.2 Å². The van der Waals surface area contributed by atoms with E-state index < -0.39 is 5.60 Å². The van der Waals surface area contributed by atoms with E-state index in [9.17, 15) is 10.2 Å². The number of aryl methyl sites for hydroxylation is 1. The molecule has 2 fully saturated rings. The van der Waals surface area contributed by atoms with Crippen molar-refractivity contribution in [1.29, 1.82) is 0 Å². The molecule has 2 N–H and O–H groups in total. The summed E-state index contributed by atoms with van der Waals surface area (Å²) in [5.74, 6) is 8.42. The number of aliphatic hydroxyl groups is 1. The lowest BCUT2D eigenvalue weighted by atomic mass is 9.53. The molecule has 0 aromatic heterocycles. The average molecular weight is 389 g/mol. The molecule has 3 aliphatic carbocycles. The van der Waals surface area contributed by atoms with E-state index >= 15 is 0 Å². The summed E-state index contributed by atoms with van der Waals surface area (Å²) < 4.78 is 0. The maximum absolute atomic E-state index is 11.3. The summed E-state index contributed by atoms with van der Waals surface area (Å²) >= 11 is 3.36. The standard InChI is InChI=1S/C21H25BrO2/c1-20-10-7-17-16-6-4-15(23)13-14(16)3-5-18(17)19(20)8-11-21(20,24)9-2-12-22/h4,6,13,17-19,23-24H,3,5,7-8,10-12H2,1H3/t17-,18-,19+,20+,21+/m1/s1. The molecule has 128 valence electrons. The molecule has 3 heteroatoms. The van der Waals surface area contributed by atoms with Crippen molar-refractivity contribution in [3.05, 3.63) is 29.3 Å². The lowest BCUT2D eigenvalue weighted by Gasteiger charge is -2.52. The number of aromatic hydroxyl groups is 1. The number of hydrogen-bond acceptors (Lipinski definition) is 2. The van der Waals surface area contributed by atoms with Gasteiger partial charge in [-0.1, -0.05) is 40.8 Å². The van der Waals surface area contributed by atoms with E-state index in [4.69, 9.17) is 0 Å². The van der Waals surface area contributed by atoms with Crippen molar-refractivity contribution >= 4 is 15.9 Å². The highest BCUT2D eigenvalue weighted by atomic mass is 79.9. The summed E-state index contributed by atoms with van der Waals surface area (Å²) in [5, 5.41) is 21.7. The molecule has 1 aromatic rings. The largest absolute Gasteiger partial charge is 0.508 e. The van der Waals surface area contributed by atoms with Gasteiger partial charge in [0.2, 0.25) is 0 Å². The van der Waals surface area contributed by atoms with Crippen LogP contribution < -0.4 is 0 Å². The summed E-state index contributed by atoms with van der Waals surface area (Å²) in [7, 11) is 0. The molecule has 0 aliphatic heterocycles. The van der Waals surface area contributed by atoms with Gasteiger partial charge in [-0.2, -0.15) is 0 Å². The molecule has 0 amide bonds. The second-order valence-electron chi connectivity index (χ2n) is 8.09. The smallest absolute Gasteiger partial charge is 0.131 e. The van der Waals surface area contributed by atoms with Gasteiger partial charge in [-0.05, 0) is 79.5 Å². The van der Waals surface area contributed by atoms with Gasteiger partial charge in [-0.15, -0.1) is 0 Å². The SMILES string of the molecule is C[C@]12CC[C@@H]3c4ccc(O)cc4CC[C@H]3[C@@H]1CC[C@@]2(O)C#CCBr. The predicted molar refractivity (Wildman–Crippen MR) is 99.2 cm³/mol. The fourth-order valence-corrected chi connectivity index (χ4v) is 6.11. The van der Waals surface area contributed by atoms with E-state index in [1.54, 1.807) is 0 Å². The Morgan fingerprint density at radius 3 is 2.88 bits per heavy atom. The molecule has 1 aromatic carbocycles. The number of halogens is 1. The quantitative estimate of drug-likeness (QED) is 0.511. The second-order valence-corrected chi connectivity index (χ2v) is 8.65. The fraction of sp³-hybridized carbons (Fsp3) is 0.619. The molecular weight excluding hydrogens is 364 g/mol. The minimum atomic E-state index is -0.828. The first-order chi connectivity index (χ1) is 11.5. The topological polar surface area (TPSA) is 40.5 Å². The van der Waals surface area contributed by atoms with E-state index in [2.05, 4.69) is 40.8 Å². The first-order valence-corrected chi connectivity index (χ1v) is 10.2. The average Bonchev–Trinajstić information content (AvgIpc) is 2.84. The van der Waals surface area contributed by atoms with Crippen LogP contribution in [0.2, 0.25) is 0 Å². The molecule has 0 radical (unpaired) electrons. The molecular formula is C21H25BrO2. The molecule has 24 heavy (non-hydrogen) atoms. The minimum absolute atomic E-state index is 0.0856. The van der Waals surface area contributed by atoms with Gasteiger partial charge >= 0.3 is 0 Å². The lowest BCUT2D eigenvalue weighted by molar-refractivity contribution is -0.0648. The first-order valence-electron chi connectivity index (χ1n) is 9.09. The molecule has 4 rings (SSSR count). The highest BCUT2D eigenvalue weighted by Crippen LogP contribution is 2.64. The highest BCUT2D eigenvalue weighted by molar-refractivity contribution is 9.09. The Bertz CT molecular complexity index is 718. The van der Waals surface area contributed by atoms with Gasteiger partial charge in [0.25, 0.3) is 0 Å². The van der Waals surface area contributed by atoms with Crippen LogP contribution in [-0.4, -0.2) is 21.1 Å². The van der Waals surface area contributed by atoms with E-state index in [-0.39, 0.29) is 5.41 Å². The van der Waals surface area contributed by atoms with Crippen LogP contribution in [-0.2, 0) is 6.42 Å². The summed E-state index contributed by atoms with van der Waals surface area (Å²) in [4.78, 5) is 0. The third kappa shape index (κ3) is 2.26. The molecule has 2 nitrogen and oxygen atoms in total. The maximum atomic E-state index is 11.3. The summed E-state index contributed by atoms with van der Waals surface area (Å²) in [6, 6.07) is 5.92. The second kappa shape index (κ2) is 5.78. The van der Waals surface area contributed by atoms with Gasteiger partial charge in [0.1, 0.15) is 11.4 Å². The normalized spacial score (nSPS) is 40.0. The summed E-state index contributed by atoms with van der Waals surface area (Å²) in [5.41, 5.74) is 1.85. The zero-order valence-corrected chi connectivity index (χ0v) is 15.8. The number of rotatable bonds is 0.